The van der Waals surface area contributed by atoms with E-state index in [-0.39, 0.29) is 5.69 Å². The maximum atomic E-state index is 14.6. The number of nitro groups is 1. The number of para-hydroxylation sites is 3. The molecule has 0 aliphatic heterocycles. The van der Waals surface area contributed by atoms with Gasteiger partial charge in [-0.1, -0.05) is 54.6 Å². The Kier molecular flexibility index (Phi) is 7.33. The second kappa shape index (κ2) is 10.8. The molecule has 0 saturated heterocycles. The lowest BCUT2D eigenvalue weighted by atomic mass is 10.2. The molecule has 0 heterocycles. The van der Waals surface area contributed by atoms with Crippen molar-refractivity contribution in [3.8, 4) is 17.2 Å². The molecule has 0 spiro atoms. The Morgan fingerprint density at radius 2 is 1.29 bits per heavy atom. The van der Waals surface area contributed by atoms with Crippen LogP contribution >= 0.6 is 7.60 Å². The maximum absolute atomic E-state index is 14.6. The van der Waals surface area contributed by atoms with Crippen LogP contribution in [0.4, 0.5) is 11.4 Å². The van der Waals surface area contributed by atoms with Gasteiger partial charge in [-0.3, -0.25) is 10.1 Å². The Morgan fingerprint density at radius 1 is 0.771 bits per heavy atom. The van der Waals surface area contributed by atoms with Gasteiger partial charge in [0.2, 0.25) is 0 Å². The molecule has 4 aromatic carbocycles. The summed E-state index contributed by atoms with van der Waals surface area (Å²) in [5, 5.41) is 14.3. The molecule has 0 saturated carbocycles. The number of nitrogens with zero attached hydrogens (tertiary/aromatic N) is 1. The van der Waals surface area contributed by atoms with E-state index in [2.05, 4.69) is 5.32 Å². The quantitative estimate of drug-likeness (QED) is 0.144. The van der Waals surface area contributed by atoms with Crippen LogP contribution in [-0.4, -0.2) is 12.0 Å². The van der Waals surface area contributed by atoms with Crippen LogP contribution in [0.1, 0.15) is 11.3 Å². The number of hydrogen-bond acceptors (Lipinski definition) is 7. The highest BCUT2D eigenvalue weighted by Crippen LogP contribution is 2.61. The first kappa shape index (κ1) is 23.9. The van der Waals surface area contributed by atoms with Gasteiger partial charge in [-0.05, 0) is 42.5 Å². The van der Waals surface area contributed by atoms with Crippen LogP contribution in [0.25, 0.3) is 0 Å². The lowest BCUT2D eigenvalue weighted by Gasteiger charge is -2.30. The number of anilines is 1. The van der Waals surface area contributed by atoms with E-state index in [0.29, 0.717) is 28.5 Å². The number of nitro benzene ring substituents is 1. The van der Waals surface area contributed by atoms with Gasteiger partial charge in [0.1, 0.15) is 17.2 Å². The highest BCUT2D eigenvalue weighted by molar-refractivity contribution is 7.55. The molecule has 1 atom stereocenters. The van der Waals surface area contributed by atoms with Crippen LogP contribution in [0.2, 0.25) is 0 Å². The van der Waals surface area contributed by atoms with Crippen molar-refractivity contribution in [2.45, 2.75) is 5.78 Å². The molecule has 9 heteroatoms. The normalized spacial score (nSPS) is 11.8. The summed E-state index contributed by atoms with van der Waals surface area (Å²) in [5.74, 6) is 0.162. The average Bonchev–Trinajstić information content (AvgIpc) is 2.88. The van der Waals surface area contributed by atoms with Gasteiger partial charge in [-0.15, -0.1) is 0 Å². The summed E-state index contributed by atoms with van der Waals surface area (Å²) < 4.78 is 32.3. The smallest absolute Gasteiger partial charge is 0.457 e. The Labute approximate surface area is 202 Å². The summed E-state index contributed by atoms with van der Waals surface area (Å²) in [6, 6.07) is 30.4. The van der Waals surface area contributed by atoms with Crippen LogP contribution in [0.3, 0.4) is 0 Å². The monoisotopic (exact) mass is 490 g/mol. The number of ether oxygens (including phenoxy) is 1. The van der Waals surface area contributed by atoms with Crippen molar-refractivity contribution >= 4 is 19.0 Å². The summed E-state index contributed by atoms with van der Waals surface area (Å²) in [5.41, 5.74) is 0.956. The van der Waals surface area contributed by atoms with Crippen LogP contribution in [0, 0.1) is 10.1 Å². The number of benzene rings is 4. The van der Waals surface area contributed by atoms with Crippen LogP contribution < -0.4 is 19.1 Å². The van der Waals surface area contributed by atoms with Gasteiger partial charge in [0.25, 0.3) is 5.69 Å². The van der Waals surface area contributed by atoms with Gasteiger partial charge in [-0.25, -0.2) is 4.57 Å². The minimum atomic E-state index is -4.06. The van der Waals surface area contributed by atoms with Gasteiger partial charge in [-0.2, -0.15) is 0 Å². The first-order valence-corrected chi connectivity index (χ1v) is 12.3. The summed E-state index contributed by atoms with van der Waals surface area (Å²) in [6.07, 6.45) is 0. The molecule has 8 nitrogen and oxygen atoms in total. The average molecular weight is 490 g/mol. The van der Waals surface area contributed by atoms with Crippen molar-refractivity contribution in [3.05, 3.63) is 125 Å². The molecule has 178 valence electrons. The summed E-state index contributed by atoms with van der Waals surface area (Å²) >= 11 is 0. The van der Waals surface area contributed by atoms with Gasteiger partial charge in [0.05, 0.1) is 12.0 Å². The van der Waals surface area contributed by atoms with E-state index in [1.165, 1.54) is 31.4 Å². The molecular weight excluding hydrogens is 467 g/mol. The molecule has 0 bridgehead atoms. The second-order valence-corrected chi connectivity index (χ2v) is 9.40. The van der Waals surface area contributed by atoms with Crippen LogP contribution in [0.15, 0.2) is 109 Å². The zero-order valence-electron chi connectivity index (χ0n) is 18.8. The second-order valence-electron chi connectivity index (χ2n) is 7.44. The van der Waals surface area contributed by atoms with E-state index >= 15 is 0 Å². The molecule has 0 aliphatic carbocycles. The van der Waals surface area contributed by atoms with Gasteiger partial charge < -0.3 is 19.1 Å². The first-order valence-electron chi connectivity index (χ1n) is 10.7. The van der Waals surface area contributed by atoms with E-state index in [9.17, 15) is 14.7 Å². The van der Waals surface area contributed by atoms with Crippen molar-refractivity contribution in [2.24, 2.45) is 0 Å². The molecule has 0 aromatic heterocycles. The van der Waals surface area contributed by atoms with E-state index < -0.39 is 18.3 Å². The predicted molar refractivity (Wildman–Crippen MR) is 134 cm³/mol. The lowest BCUT2D eigenvalue weighted by molar-refractivity contribution is -0.384. The van der Waals surface area contributed by atoms with Crippen molar-refractivity contribution in [1.82, 2.24) is 0 Å². The Morgan fingerprint density at radius 3 is 1.80 bits per heavy atom. The number of nitrogens with one attached hydrogen (secondary N) is 1. The molecule has 35 heavy (non-hydrogen) atoms. The third kappa shape index (κ3) is 5.80. The summed E-state index contributed by atoms with van der Waals surface area (Å²) in [6.45, 7) is 0. The maximum Gasteiger partial charge on any atom is 0.457 e. The highest BCUT2D eigenvalue weighted by atomic mass is 31.2. The van der Waals surface area contributed by atoms with Crippen LogP contribution in [0.5, 0.6) is 17.2 Å². The Bertz CT molecular complexity index is 1270. The van der Waals surface area contributed by atoms with Crippen molar-refractivity contribution in [3.63, 3.8) is 0 Å². The number of non-ortho nitro benzene ring substituents is 1. The molecule has 0 amide bonds. The third-order valence-electron chi connectivity index (χ3n) is 5.08. The number of rotatable bonds is 10. The number of methoxy groups -OCH3 is 1. The molecule has 0 fully saturated rings. The van der Waals surface area contributed by atoms with Crippen molar-refractivity contribution in [2.75, 3.05) is 12.4 Å². The number of hydrogen-bond donors (Lipinski definition) is 1. The fourth-order valence-electron chi connectivity index (χ4n) is 3.44. The summed E-state index contributed by atoms with van der Waals surface area (Å²) in [4.78, 5) is 10.6. The van der Waals surface area contributed by atoms with Gasteiger partial charge in [0.15, 0.2) is 5.78 Å². The van der Waals surface area contributed by atoms with E-state index in [1.54, 1.807) is 72.8 Å². The van der Waals surface area contributed by atoms with Gasteiger partial charge >= 0.3 is 7.60 Å². The minimum Gasteiger partial charge on any atom is -0.496 e. The lowest BCUT2D eigenvalue weighted by Crippen LogP contribution is -2.19. The van der Waals surface area contributed by atoms with E-state index in [4.69, 9.17) is 13.8 Å². The first-order chi connectivity index (χ1) is 17.0. The molecule has 4 aromatic rings. The summed E-state index contributed by atoms with van der Waals surface area (Å²) in [7, 11) is -2.54. The molecule has 1 N–H and O–H groups in total. The fraction of sp³-hybridized carbons (Fsp3) is 0.0769. The van der Waals surface area contributed by atoms with E-state index in [0.717, 1.165) is 0 Å². The zero-order chi connectivity index (χ0) is 24.7. The molecule has 1 unspecified atom stereocenters. The standard InChI is InChI=1S/C26H23N2O6P/c1-32-25-15-9-8-14-24(25)26(27-20-16-18-21(19-17-20)28(29)30)35(31,33-22-10-4-2-5-11-22)34-23-12-6-3-7-13-23/h2-19,26-27H,1H3. The highest BCUT2D eigenvalue weighted by Gasteiger charge is 2.42. The largest absolute Gasteiger partial charge is 0.496 e. The van der Waals surface area contributed by atoms with Crippen LogP contribution in [-0.2, 0) is 4.57 Å². The Hall–Kier alpha value is -4.29. The third-order valence-corrected chi connectivity index (χ3v) is 7.05. The topological polar surface area (TPSA) is 99.9 Å². The predicted octanol–water partition coefficient (Wildman–Crippen LogP) is 7.07. The molecule has 0 radical (unpaired) electrons. The molecule has 4 rings (SSSR count). The Balaban J connectivity index is 1.82. The van der Waals surface area contributed by atoms with E-state index in [1.807, 2.05) is 12.1 Å². The fourth-order valence-corrected chi connectivity index (χ4v) is 5.38. The van der Waals surface area contributed by atoms with Gasteiger partial charge in [0, 0.05) is 23.4 Å². The molecule has 0 aliphatic rings. The van der Waals surface area contributed by atoms with Crippen molar-refractivity contribution in [1.29, 1.82) is 0 Å². The zero-order valence-corrected chi connectivity index (χ0v) is 19.7. The minimum absolute atomic E-state index is 0.0614. The van der Waals surface area contributed by atoms with Crippen molar-refractivity contribution < 1.29 is 23.3 Å². The molecular formula is C26H23N2O6P. The SMILES string of the molecule is COc1ccccc1C(Nc1ccc([N+](=O)[O-])cc1)P(=O)(Oc1ccccc1)Oc1ccccc1.